The molecule has 0 bridgehead atoms. The Balaban J connectivity index is 1.84. The smallest absolute Gasteiger partial charge is 0.191 e. The van der Waals surface area contributed by atoms with Crippen LogP contribution in [0.1, 0.15) is 72.1 Å². The first kappa shape index (κ1) is 18.2. The molecule has 1 atom stereocenters. The van der Waals surface area contributed by atoms with Gasteiger partial charge in [-0.15, -0.1) is 0 Å². The van der Waals surface area contributed by atoms with Gasteiger partial charge >= 0.3 is 0 Å². The van der Waals surface area contributed by atoms with Gasteiger partial charge in [0, 0.05) is 6.61 Å². The molecule has 2 nitrogen and oxygen atoms in total. The van der Waals surface area contributed by atoms with Crippen molar-refractivity contribution in [2.24, 2.45) is 0 Å². The van der Waals surface area contributed by atoms with Crippen molar-refractivity contribution in [3.05, 3.63) is 0 Å². The van der Waals surface area contributed by atoms with Crippen LogP contribution < -0.4 is 0 Å². The zero-order valence-corrected chi connectivity index (χ0v) is 15.5. The van der Waals surface area contributed by atoms with Crippen LogP contribution >= 0.6 is 0 Å². The fourth-order valence-corrected chi connectivity index (χ4v) is 3.22. The topological polar surface area (TPSA) is 21.8 Å². The van der Waals surface area contributed by atoms with Gasteiger partial charge in [-0.2, -0.15) is 0 Å². The summed E-state index contributed by atoms with van der Waals surface area (Å²) < 4.78 is 11.4. The molecule has 1 heterocycles. The molecule has 1 fully saturated rings. The summed E-state index contributed by atoms with van der Waals surface area (Å²) in [7, 11) is -1.51. The van der Waals surface area contributed by atoms with Crippen LogP contribution in [0.25, 0.3) is 0 Å². The Morgan fingerprint density at radius 1 is 0.950 bits per heavy atom. The summed E-state index contributed by atoms with van der Waals surface area (Å²) in [5.74, 6) is 0. The van der Waals surface area contributed by atoms with Crippen molar-refractivity contribution in [1.82, 2.24) is 0 Å². The highest BCUT2D eigenvalue weighted by atomic mass is 28.4. The maximum atomic E-state index is 6.20. The molecule has 1 aliphatic heterocycles. The molecular weight excluding hydrogens is 264 g/mol. The van der Waals surface area contributed by atoms with E-state index in [0.29, 0.717) is 11.1 Å². The summed E-state index contributed by atoms with van der Waals surface area (Å²) in [6, 6.07) is 0. The molecule has 0 amide bonds. The van der Waals surface area contributed by atoms with E-state index in [2.05, 4.69) is 33.9 Å². The van der Waals surface area contributed by atoms with E-state index in [4.69, 9.17) is 9.16 Å². The molecule has 0 N–H and O–H groups in total. The van der Waals surface area contributed by atoms with Gasteiger partial charge in [-0.05, 0) is 31.0 Å². The van der Waals surface area contributed by atoms with Crippen LogP contribution in [0.15, 0.2) is 0 Å². The summed E-state index contributed by atoms with van der Waals surface area (Å²) in [6.07, 6.45) is 11.4. The Morgan fingerprint density at radius 2 is 1.45 bits per heavy atom. The number of epoxide rings is 1. The van der Waals surface area contributed by atoms with Crippen LogP contribution in [0.5, 0.6) is 0 Å². The summed E-state index contributed by atoms with van der Waals surface area (Å²) >= 11 is 0. The van der Waals surface area contributed by atoms with E-state index in [1.165, 1.54) is 51.4 Å². The number of hydrogen-bond acceptors (Lipinski definition) is 2. The first-order valence-electron chi connectivity index (χ1n) is 8.58. The highest BCUT2D eigenvalue weighted by Gasteiger charge is 2.36. The van der Waals surface area contributed by atoms with E-state index >= 15 is 0 Å². The molecule has 0 aliphatic carbocycles. The third-order valence-electron chi connectivity index (χ3n) is 4.84. The SMILES string of the molecule is CC(C)(C)[Si](C)(C)OCCCCCCCCCC1CO1. The highest BCUT2D eigenvalue weighted by molar-refractivity contribution is 6.74. The Labute approximate surface area is 127 Å². The number of ether oxygens (including phenoxy) is 1. The van der Waals surface area contributed by atoms with Crippen LogP contribution in [0.3, 0.4) is 0 Å². The van der Waals surface area contributed by atoms with Gasteiger partial charge in [0.25, 0.3) is 0 Å². The third-order valence-corrected chi connectivity index (χ3v) is 9.38. The van der Waals surface area contributed by atoms with Crippen LogP contribution in [0, 0.1) is 0 Å². The first-order valence-corrected chi connectivity index (χ1v) is 11.5. The molecule has 1 saturated heterocycles. The van der Waals surface area contributed by atoms with E-state index in [-0.39, 0.29) is 0 Å². The predicted molar refractivity (Wildman–Crippen MR) is 89.8 cm³/mol. The van der Waals surface area contributed by atoms with E-state index in [1.807, 2.05) is 0 Å². The van der Waals surface area contributed by atoms with Gasteiger partial charge in [0.2, 0.25) is 0 Å². The lowest BCUT2D eigenvalue weighted by Crippen LogP contribution is -2.40. The summed E-state index contributed by atoms with van der Waals surface area (Å²) in [4.78, 5) is 0. The van der Waals surface area contributed by atoms with Crippen LogP contribution in [-0.4, -0.2) is 27.6 Å². The standard InChI is InChI=1S/C17H36O2Si/c1-17(2,3)20(4,5)19-14-12-10-8-6-7-9-11-13-16-15-18-16/h16H,6-15H2,1-5H3. The molecule has 0 radical (unpaired) electrons. The fraction of sp³-hybridized carbons (Fsp3) is 1.00. The third kappa shape index (κ3) is 7.80. The molecule has 1 rings (SSSR count). The Morgan fingerprint density at radius 3 is 1.95 bits per heavy atom. The van der Waals surface area contributed by atoms with Crippen LogP contribution in [-0.2, 0) is 9.16 Å². The molecule has 3 heteroatoms. The van der Waals surface area contributed by atoms with Crippen molar-refractivity contribution in [2.75, 3.05) is 13.2 Å². The summed E-state index contributed by atoms with van der Waals surface area (Å²) in [5.41, 5.74) is 0. The predicted octanol–water partition coefficient (Wildman–Crippen LogP) is 5.53. The van der Waals surface area contributed by atoms with Gasteiger partial charge < -0.3 is 9.16 Å². The van der Waals surface area contributed by atoms with Crippen molar-refractivity contribution >= 4 is 8.32 Å². The second-order valence-corrected chi connectivity index (χ2v) is 12.6. The minimum atomic E-state index is -1.51. The Bertz CT molecular complexity index is 254. The van der Waals surface area contributed by atoms with Crippen molar-refractivity contribution in [3.63, 3.8) is 0 Å². The average Bonchev–Trinajstić information content (AvgIpc) is 3.14. The molecule has 120 valence electrons. The lowest BCUT2D eigenvalue weighted by molar-refractivity contribution is 0.277. The minimum absolute atomic E-state index is 0.346. The maximum absolute atomic E-state index is 6.20. The van der Waals surface area contributed by atoms with E-state index in [0.717, 1.165) is 13.2 Å². The summed E-state index contributed by atoms with van der Waals surface area (Å²) in [6.45, 7) is 13.6. The molecule has 20 heavy (non-hydrogen) atoms. The minimum Gasteiger partial charge on any atom is -0.417 e. The van der Waals surface area contributed by atoms with Gasteiger partial charge in [-0.3, -0.25) is 0 Å². The van der Waals surface area contributed by atoms with Gasteiger partial charge in [-0.25, -0.2) is 0 Å². The first-order chi connectivity index (χ1) is 9.33. The summed E-state index contributed by atoms with van der Waals surface area (Å²) in [5, 5.41) is 0.346. The largest absolute Gasteiger partial charge is 0.417 e. The van der Waals surface area contributed by atoms with Crippen LogP contribution in [0.4, 0.5) is 0 Å². The molecule has 0 saturated carbocycles. The zero-order chi connectivity index (χ0) is 15.1. The molecule has 0 spiro atoms. The second kappa shape index (κ2) is 8.55. The van der Waals surface area contributed by atoms with Gasteiger partial charge in [0.05, 0.1) is 12.7 Å². The van der Waals surface area contributed by atoms with Gasteiger partial charge in [0.15, 0.2) is 8.32 Å². The molecule has 1 unspecified atom stereocenters. The highest BCUT2D eigenvalue weighted by Crippen LogP contribution is 2.36. The lowest BCUT2D eigenvalue weighted by atomic mass is 10.1. The molecule has 0 aromatic rings. The Kier molecular flexibility index (Phi) is 7.77. The normalized spacial score (nSPS) is 19.4. The monoisotopic (exact) mass is 300 g/mol. The van der Waals surface area contributed by atoms with E-state index < -0.39 is 8.32 Å². The van der Waals surface area contributed by atoms with Gasteiger partial charge in [0.1, 0.15) is 0 Å². The molecule has 0 aromatic carbocycles. The number of unbranched alkanes of at least 4 members (excludes halogenated alkanes) is 6. The van der Waals surface area contributed by atoms with E-state index in [1.54, 1.807) is 0 Å². The zero-order valence-electron chi connectivity index (χ0n) is 14.5. The van der Waals surface area contributed by atoms with Crippen LogP contribution in [0.2, 0.25) is 18.1 Å². The van der Waals surface area contributed by atoms with Crippen molar-refractivity contribution in [3.8, 4) is 0 Å². The van der Waals surface area contributed by atoms with Crippen molar-refractivity contribution in [1.29, 1.82) is 0 Å². The number of hydrogen-bond donors (Lipinski definition) is 0. The second-order valence-electron chi connectivity index (χ2n) is 7.83. The maximum Gasteiger partial charge on any atom is 0.191 e. The number of rotatable bonds is 11. The molecular formula is C17H36O2Si. The van der Waals surface area contributed by atoms with Gasteiger partial charge in [-0.1, -0.05) is 59.3 Å². The fourth-order valence-electron chi connectivity index (χ4n) is 2.14. The van der Waals surface area contributed by atoms with E-state index in [9.17, 15) is 0 Å². The quantitative estimate of drug-likeness (QED) is 0.284. The average molecular weight is 301 g/mol. The van der Waals surface area contributed by atoms with Crippen molar-refractivity contribution in [2.45, 2.75) is 96.4 Å². The molecule has 0 aromatic heterocycles. The lowest BCUT2D eigenvalue weighted by Gasteiger charge is -2.36. The Hall–Kier alpha value is 0.137. The molecule has 1 aliphatic rings. The van der Waals surface area contributed by atoms with Crippen molar-refractivity contribution < 1.29 is 9.16 Å².